The van der Waals surface area contributed by atoms with Gasteiger partial charge in [-0.1, -0.05) is 0 Å². The monoisotopic (exact) mass is 285 g/mol. The van der Waals surface area contributed by atoms with Gasteiger partial charge in [0.2, 0.25) is 0 Å². The van der Waals surface area contributed by atoms with Crippen molar-refractivity contribution in [3.05, 3.63) is 17.3 Å². The number of rotatable bonds is 3. The summed E-state index contributed by atoms with van der Waals surface area (Å²) in [6.45, 7) is 0. The smallest absolute Gasteiger partial charge is 0.502 e. The summed E-state index contributed by atoms with van der Waals surface area (Å²) in [7, 11) is 1.00. The number of alkyl halides is 4. The number of esters is 1. The molecule has 0 aliphatic carbocycles. The minimum absolute atomic E-state index is 0.0236. The standard InChI is InChI=1S/C9H7ClF3NO4/c1-17-8(16)5-4(2-10)3-14-7(6(5)15)18-9(11,12)13/h3,15H,2H2,1H3. The summed E-state index contributed by atoms with van der Waals surface area (Å²) in [5.74, 6) is -3.50. The van der Waals surface area contributed by atoms with Gasteiger partial charge < -0.3 is 14.6 Å². The van der Waals surface area contributed by atoms with Crippen molar-refractivity contribution < 1.29 is 32.5 Å². The zero-order chi connectivity index (χ0) is 13.9. The van der Waals surface area contributed by atoms with E-state index in [-0.39, 0.29) is 11.4 Å². The van der Waals surface area contributed by atoms with Gasteiger partial charge in [0.1, 0.15) is 5.56 Å². The van der Waals surface area contributed by atoms with E-state index in [2.05, 4.69) is 14.5 Å². The number of methoxy groups -OCH3 is 1. The second kappa shape index (κ2) is 5.30. The summed E-state index contributed by atoms with van der Waals surface area (Å²) in [5, 5.41) is 9.52. The molecule has 5 nitrogen and oxygen atoms in total. The third-order valence-corrected chi connectivity index (χ3v) is 2.13. The lowest BCUT2D eigenvalue weighted by atomic mass is 10.1. The molecule has 18 heavy (non-hydrogen) atoms. The van der Waals surface area contributed by atoms with E-state index in [1.54, 1.807) is 0 Å². The highest BCUT2D eigenvalue weighted by Crippen LogP contribution is 2.34. The lowest BCUT2D eigenvalue weighted by Crippen LogP contribution is -2.19. The van der Waals surface area contributed by atoms with E-state index in [1.165, 1.54) is 0 Å². The molecule has 0 saturated heterocycles. The van der Waals surface area contributed by atoms with Gasteiger partial charge in [0.15, 0.2) is 5.75 Å². The maximum Gasteiger partial charge on any atom is 0.574 e. The fraction of sp³-hybridized carbons (Fsp3) is 0.333. The lowest BCUT2D eigenvalue weighted by molar-refractivity contribution is -0.276. The number of carbonyl (C=O) groups excluding carboxylic acids is 1. The number of halogens is 4. The molecule has 1 heterocycles. The highest BCUT2D eigenvalue weighted by Gasteiger charge is 2.34. The number of nitrogens with zero attached hydrogens (tertiary/aromatic N) is 1. The Morgan fingerprint density at radius 2 is 2.17 bits per heavy atom. The highest BCUT2D eigenvalue weighted by atomic mass is 35.5. The first-order valence-electron chi connectivity index (χ1n) is 4.41. The van der Waals surface area contributed by atoms with Gasteiger partial charge in [0, 0.05) is 17.6 Å². The van der Waals surface area contributed by atoms with E-state index >= 15 is 0 Å². The largest absolute Gasteiger partial charge is 0.574 e. The highest BCUT2D eigenvalue weighted by molar-refractivity contribution is 6.17. The average molecular weight is 286 g/mol. The van der Waals surface area contributed by atoms with Crippen molar-refractivity contribution in [3.63, 3.8) is 0 Å². The van der Waals surface area contributed by atoms with Crippen LogP contribution in [0, 0.1) is 0 Å². The Morgan fingerprint density at radius 1 is 1.56 bits per heavy atom. The number of carbonyl (C=O) groups is 1. The van der Waals surface area contributed by atoms with Crippen LogP contribution in [0.5, 0.6) is 11.6 Å². The minimum atomic E-state index is -5.04. The van der Waals surface area contributed by atoms with Gasteiger partial charge in [0.05, 0.1) is 7.11 Å². The van der Waals surface area contributed by atoms with Crippen molar-refractivity contribution in [3.8, 4) is 11.6 Å². The van der Waals surface area contributed by atoms with Gasteiger partial charge in [-0.25, -0.2) is 9.78 Å². The van der Waals surface area contributed by atoms with Crippen LogP contribution in [-0.2, 0) is 10.6 Å². The number of hydrogen-bond acceptors (Lipinski definition) is 5. The molecule has 0 radical (unpaired) electrons. The number of aromatic hydroxyl groups is 1. The Labute approximate surface area is 104 Å². The maximum atomic E-state index is 12.0. The first-order chi connectivity index (χ1) is 8.30. The summed E-state index contributed by atoms with van der Waals surface area (Å²) in [4.78, 5) is 14.6. The summed E-state index contributed by atoms with van der Waals surface area (Å²) < 4.78 is 43.8. The summed E-state index contributed by atoms with van der Waals surface area (Å²) in [6, 6.07) is 0. The normalized spacial score (nSPS) is 11.2. The summed E-state index contributed by atoms with van der Waals surface area (Å²) in [5.41, 5.74) is -0.489. The van der Waals surface area contributed by atoms with Gasteiger partial charge in [-0.15, -0.1) is 24.8 Å². The van der Waals surface area contributed by atoms with Crippen LogP contribution in [0.15, 0.2) is 6.20 Å². The Balaban J connectivity index is 3.30. The molecule has 0 aromatic carbocycles. The van der Waals surface area contributed by atoms with Crippen LogP contribution in [0.3, 0.4) is 0 Å². The van der Waals surface area contributed by atoms with Gasteiger partial charge >= 0.3 is 12.3 Å². The third kappa shape index (κ3) is 3.16. The number of ether oxygens (including phenoxy) is 2. The molecule has 0 unspecified atom stereocenters. The van der Waals surface area contributed by atoms with Crippen LogP contribution in [-0.4, -0.2) is 29.5 Å². The van der Waals surface area contributed by atoms with Crippen molar-refractivity contribution in [2.75, 3.05) is 7.11 Å². The van der Waals surface area contributed by atoms with Crippen molar-refractivity contribution in [2.24, 2.45) is 0 Å². The fourth-order valence-corrected chi connectivity index (χ4v) is 1.34. The van der Waals surface area contributed by atoms with Crippen LogP contribution in [0.1, 0.15) is 15.9 Å². The predicted octanol–water partition coefficient (Wildman–Crippen LogP) is 2.21. The van der Waals surface area contributed by atoms with Crippen LogP contribution < -0.4 is 4.74 Å². The molecule has 0 bridgehead atoms. The lowest BCUT2D eigenvalue weighted by Gasteiger charge is -2.12. The molecular weight excluding hydrogens is 279 g/mol. The Bertz CT molecular complexity index is 464. The Hall–Kier alpha value is -1.70. The molecule has 0 saturated carbocycles. The van der Waals surface area contributed by atoms with E-state index in [0.717, 1.165) is 13.3 Å². The Morgan fingerprint density at radius 3 is 2.61 bits per heavy atom. The molecule has 9 heteroatoms. The Kier molecular flexibility index (Phi) is 4.23. The SMILES string of the molecule is COC(=O)c1c(CCl)cnc(OC(F)(F)F)c1O. The molecule has 1 N–H and O–H groups in total. The predicted molar refractivity (Wildman–Crippen MR) is 53.5 cm³/mol. The minimum Gasteiger partial charge on any atom is -0.502 e. The summed E-state index contributed by atoms with van der Waals surface area (Å²) in [6.07, 6.45) is -4.15. The molecular formula is C9H7ClF3NO4. The molecule has 0 spiro atoms. The maximum absolute atomic E-state index is 12.0. The van der Waals surface area contributed by atoms with Gasteiger partial charge in [-0.2, -0.15) is 0 Å². The summed E-state index contributed by atoms with van der Waals surface area (Å²) >= 11 is 5.47. The van der Waals surface area contributed by atoms with Crippen LogP contribution in [0.25, 0.3) is 0 Å². The van der Waals surface area contributed by atoms with Gasteiger partial charge in [-0.3, -0.25) is 0 Å². The molecule has 0 atom stereocenters. The first kappa shape index (κ1) is 14.4. The van der Waals surface area contributed by atoms with E-state index in [9.17, 15) is 23.1 Å². The van der Waals surface area contributed by atoms with Crippen molar-refractivity contribution in [2.45, 2.75) is 12.2 Å². The van der Waals surface area contributed by atoms with Crippen molar-refractivity contribution in [1.29, 1.82) is 0 Å². The van der Waals surface area contributed by atoms with E-state index < -0.39 is 29.5 Å². The molecule has 0 aliphatic rings. The molecule has 0 aliphatic heterocycles. The zero-order valence-electron chi connectivity index (χ0n) is 8.92. The van der Waals surface area contributed by atoms with E-state index in [0.29, 0.717) is 0 Å². The molecule has 1 aromatic rings. The molecule has 0 fully saturated rings. The number of aromatic nitrogens is 1. The second-order valence-electron chi connectivity index (χ2n) is 2.99. The van der Waals surface area contributed by atoms with Crippen LogP contribution in [0.2, 0.25) is 0 Å². The third-order valence-electron chi connectivity index (χ3n) is 1.84. The molecule has 0 amide bonds. The number of hydrogen-bond donors (Lipinski definition) is 1. The van der Waals surface area contributed by atoms with Crippen molar-refractivity contribution in [1.82, 2.24) is 4.98 Å². The second-order valence-corrected chi connectivity index (χ2v) is 3.25. The quantitative estimate of drug-likeness (QED) is 0.681. The molecule has 1 aromatic heterocycles. The van der Waals surface area contributed by atoms with Gasteiger partial charge in [0.25, 0.3) is 5.88 Å². The van der Waals surface area contributed by atoms with Crippen molar-refractivity contribution >= 4 is 17.6 Å². The topological polar surface area (TPSA) is 68.7 Å². The van der Waals surface area contributed by atoms with E-state index in [4.69, 9.17) is 11.6 Å². The fourth-order valence-electron chi connectivity index (χ4n) is 1.14. The first-order valence-corrected chi connectivity index (χ1v) is 4.94. The van der Waals surface area contributed by atoms with E-state index in [1.807, 2.05) is 0 Å². The van der Waals surface area contributed by atoms with Gasteiger partial charge in [-0.05, 0) is 0 Å². The van der Waals surface area contributed by atoms with Crippen LogP contribution in [0.4, 0.5) is 13.2 Å². The zero-order valence-corrected chi connectivity index (χ0v) is 9.67. The molecule has 1 rings (SSSR count). The average Bonchev–Trinajstić information content (AvgIpc) is 2.29. The molecule has 100 valence electrons. The number of pyridine rings is 1. The van der Waals surface area contributed by atoms with Crippen LogP contribution >= 0.6 is 11.6 Å².